The minimum absolute atomic E-state index is 0.167. The van der Waals surface area contributed by atoms with E-state index in [4.69, 9.17) is 0 Å². The number of Topliss-reactive ketones (excluding diaryl/α,β-unsaturated/α-hetero) is 1. The van der Waals surface area contributed by atoms with Crippen LogP contribution in [-0.2, 0) is 15.6 Å². The van der Waals surface area contributed by atoms with Gasteiger partial charge in [0.2, 0.25) is 0 Å². The van der Waals surface area contributed by atoms with Gasteiger partial charge in [-0.3, -0.25) is 4.21 Å². The molecule has 0 aromatic heterocycles. The topological polar surface area (TPSA) is 34.1 Å². The van der Waals surface area contributed by atoms with Gasteiger partial charge >= 0.3 is 0 Å². The molecule has 0 N–H and O–H groups in total. The van der Waals surface area contributed by atoms with E-state index >= 15 is 0 Å². The lowest BCUT2D eigenvalue weighted by atomic mass is 10.6. The Morgan fingerprint density at radius 2 is 1.82 bits per heavy atom. The van der Waals surface area contributed by atoms with Gasteiger partial charge in [-0.05, 0) is 19.3 Å². The molecule has 0 rings (SSSR count). The van der Waals surface area contributed by atoms with E-state index in [0.717, 1.165) is 5.75 Å². The second-order valence-corrected chi connectivity index (χ2v) is 6.88. The molecule has 0 heterocycles. The fourth-order valence-electron chi connectivity index (χ4n) is 0.512. The summed E-state index contributed by atoms with van der Waals surface area (Å²) >= 11 is 0. The fraction of sp³-hybridized carbons (Fsp3) is 0.417. The number of ketones is 1. The molecule has 5 heteroatoms. The highest BCUT2D eigenvalue weighted by Crippen LogP contribution is 2.21. The van der Waals surface area contributed by atoms with Crippen LogP contribution in [-0.4, -0.2) is 27.3 Å². The Kier molecular flexibility index (Phi) is 17.7. The van der Waals surface area contributed by atoms with Crippen molar-refractivity contribution in [2.75, 3.05) is 17.3 Å². The summed E-state index contributed by atoms with van der Waals surface area (Å²) in [4.78, 5) is 9.44. The highest BCUT2D eigenvalue weighted by molar-refractivity contribution is 8.77. The van der Waals surface area contributed by atoms with Crippen molar-refractivity contribution < 1.29 is 9.00 Å². The highest BCUT2D eigenvalue weighted by atomic mass is 33.1. The molecule has 1 atom stereocenters. The minimum atomic E-state index is -0.775. The summed E-state index contributed by atoms with van der Waals surface area (Å²) in [7, 11) is 2.58. The summed E-state index contributed by atoms with van der Waals surface area (Å²) in [5.74, 6) is 2.30. The van der Waals surface area contributed by atoms with Gasteiger partial charge in [-0.1, -0.05) is 39.8 Å². The predicted molar refractivity (Wildman–Crippen MR) is 83.8 cm³/mol. The second kappa shape index (κ2) is 15.7. The van der Waals surface area contributed by atoms with Crippen LogP contribution >= 0.6 is 21.6 Å². The summed E-state index contributed by atoms with van der Waals surface area (Å²) in [6.07, 6.45) is 5.48. The zero-order valence-electron chi connectivity index (χ0n) is 10.4. The molecule has 1 unspecified atom stereocenters. The van der Waals surface area contributed by atoms with Crippen molar-refractivity contribution in [1.82, 2.24) is 0 Å². The third-order valence-corrected chi connectivity index (χ3v) is 4.12. The fourth-order valence-corrected chi connectivity index (χ4v) is 2.77. The molecule has 0 spiro atoms. The Bertz CT molecular complexity index is 269. The van der Waals surface area contributed by atoms with E-state index < -0.39 is 10.8 Å². The number of hydrogen-bond acceptors (Lipinski definition) is 4. The normalized spacial score (nSPS) is 11.4. The van der Waals surface area contributed by atoms with Crippen LogP contribution in [0.1, 0.15) is 13.8 Å². The number of hydrogen-bond donors (Lipinski definition) is 0. The molecule has 0 saturated carbocycles. The lowest BCUT2D eigenvalue weighted by Gasteiger charge is -1.91. The smallest absolute Gasteiger partial charge is 0.126 e. The van der Waals surface area contributed by atoms with Crippen LogP contribution < -0.4 is 0 Å². The van der Waals surface area contributed by atoms with Crippen LogP contribution in [0.15, 0.2) is 36.8 Å². The summed E-state index contributed by atoms with van der Waals surface area (Å²) in [6, 6.07) is 0. The van der Waals surface area contributed by atoms with Crippen molar-refractivity contribution in [2.45, 2.75) is 13.8 Å². The monoisotopic (exact) mass is 292 g/mol. The van der Waals surface area contributed by atoms with Crippen molar-refractivity contribution in [1.29, 1.82) is 0 Å². The molecule has 0 saturated heterocycles. The number of carbonyl (C=O) groups excluding carboxylic acids is 1. The molecule has 0 aromatic carbocycles. The molecule has 17 heavy (non-hydrogen) atoms. The van der Waals surface area contributed by atoms with Gasteiger partial charge < -0.3 is 4.79 Å². The third-order valence-electron chi connectivity index (χ3n) is 0.992. The van der Waals surface area contributed by atoms with Gasteiger partial charge in [0, 0.05) is 28.1 Å². The standard InChI is InChI=1S/C9H14OS3.C3H6O/c1-3-6-11-12-7-5-9-13(10)8-4-2;1-3(2)4/h3-5,7H,1-2,6,8-9H2;1-2H3/b7-5+;. The minimum Gasteiger partial charge on any atom is -0.300 e. The van der Waals surface area contributed by atoms with E-state index in [1.54, 1.807) is 27.7 Å². The van der Waals surface area contributed by atoms with Crippen molar-refractivity contribution >= 4 is 38.2 Å². The largest absolute Gasteiger partial charge is 0.300 e. The molecular weight excluding hydrogens is 272 g/mol. The first kappa shape index (κ1) is 19.1. The Balaban J connectivity index is 0. The average Bonchev–Trinajstić information content (AvgIpc) is 2.23. The molecule has 0 amide bonds. The highest BCUT2D eigenvalue weighted by Gasteiger charge is 1.90. The van der Waals surface area contributed by atoms with E-state index in [0.29, 0.717) is 11.5 Å². The van der Waals surface area contributed by atoms with Crippen molar-refractivity contribution in [3.8, 4) is 0 Å². The number of carbonyl (C=O) groups is 1. The van der Waals surface area contributed by atoms with Crippen molar-refractivity contribution in [3.63, 3.8) is 0 Å². The van der Waals surface area contributed by atoms with E-state index in [-0.39, 0.29) is 5.78 Å². The zero-order chi connectivity index (χ0) is 13.5. The molecular formula is C12H20O2S3. The zero-order valence-corrected chi connectivity index (χ0v) is 12.8. The van der Waals surface area contributed by atoms with Gasteiger partial charge in [-0.25, -0.2) is 0 Å². The van der Waals surface area contributed by atoms with Crippen LogP contribution in [0.3, 0.4) is 0 Å². The summed E-state index contributed by atoms with van der Waals surface area (Å²) < 4.78 is 11.1. The number of rotatable bonds is 8. The predicted octanol–water partition coefficient (Wildman–Crippen LogP) is 3.60. The summed E-state index contributed by atoms with van der Waals surface area (Å²) in [5, 5.41) is 1.97. The van der Waals surface area contributed by atoms with Crippen LogP contribution in [0.4, 0.5) is 0 Å². The molecule has 0 aliphatic rings. The Labute approximate surface area is 115 Å². The average molecular weight is 292 g/mol. The Morgan fingerprint density at radius 3 is 2.29 bits per heavy atom. The van der Waals surface area contributed by atoms with Crippen molar-refractivity contribution in [3.05, 3.63) is 36.8 Å². The van der Waals surface area contributed by atoms with Gasteiger partial charge in [0.05, 0.1) is 0 Å². The molecule has 0 bridgehead atoms. The molecule has 0 aliphatic heterocycles. The van der Waals surface area contributed by atoms with Gasteiger partial charge in [0.15, 0.2) is 0 Å². The lowest BCUT2D eigenvalue weighted by molar-refractivity contribution is -0.114. The maximum absolute atomic E-state index is 11.1. The van der Waals surface area contributed by atoms with E-state index in [1.807, 2.05) is 17.6 Å². The molecule has 0 aliphatic carbocycles. The van der Waals surface area contributed by atoms with Crippen LogP contribution in [0.5, 0.6) is 0 Å². The first-order chi connectivity index (χ1) is 8.04. The van der Waals surface area contributed by atoms with E-state index in [2.05, 4.69) is 13.2 Å². The second-order valence-electron chi connectivity index (χ2n) is 3.01. The van der Waals surface area contributed by atoms with E-state index in [1.165, 1.54) is 13.8 Å². The van der Waals surface area contributed by atoms with Gasteiger partial charge in [0.1, 0.15) is 5.78 Å². The van der Waals surface area contributed by atoms with Gasteiger partial charge in [-0.2, -0.15) is 0 Å². The quantitative estimate of drug-likeness (QED) is 0.389. The lowest BCUT2D eigenvalue weighted by Crippen LogP contribution is -1.96. The Hall–Kier alpha value is -0.260. The SMILES string of the molecule is C=CCSS/C=C/CS(=O)CC=C.CC(C)=O. The first-order valence-corrected chi connectivity index (χ1v) is 8.88. The maximum atomic E-state index is 11.1. The molecule has 0 aromatic rings. The molecule has 0 fully saturated rings. The van der Waals surface area contributed by atoms with Crippen LogP contribution in [0.25, 0.3) is 0 Å². The molecule has 0 radical (unpaired) electrons. The first-order valence-electron chi connectivity index (χ1n) is 5.01. The van der Waals surface area contributed by atoms with E-state index in [9.17, 15) is 9.00 Å². The molecule has 98 valence electrons. The Morgan fingerprint density at radius 1 is 1.24 bits per heavy atom. The van der Waals surface area contributed by atoms with Crippen LogP contribution in [0.2, 0.25) is 0 Å². The molecule has 2 nitrogen and oxygen atoms in total. The van der Waals surface area contributed by atoms with Gasteiger partial charge in [-0.15, -0.1) is 13.2 Å². The van der Waals surface area contributed by atoms with Crippen molar-refractivity contribution in [2.24, 2.45) is 0 Å². The summed E-state index contributed by atoms with van der Waals surface area (Å²) in [6.45, 7) is 10.2. The third kappa shape index (κ3) is 25.8. The maximum Gasteiger partial charge on any atom is 0.126 e. The van der Waals surface area contributed by atoms with Gasteiger partial charge in [0.25, 0.3) is 0 Å². The summed E-state index contributed by atoms with van der Waals surface area (Å²) in [5.41, 5.74) is 0. The van der Waals surface area contributed by atoms with Crippen LogP contribution in [0, 0.1) is 0 Å².